The van der Waals surface area contributed by atoms with Gasteiger partial charge in [-0.3, -0.25) is 9.97 Å². The van der Waals surface area contributed by atoms with Crippen LogP contribution >= 0.6 is 0 Å². The Morgan fingerprint density at radius 3 is 1.72 bits per heavy atom. The van der Waals surface area contributed by atoms with E-state index in [-0.39, 0.29) is 0 Å². The average Bonchev–Trinajstić information content (AvgIpc) is 3.15. The molecule has 46 heavy (non-hydrogen) atoms. The Bertz CT molecular complexity index is 2190. The van der Waals surface area contributed by atoms with Crippen LogP contribution in [0.5, 0.6) is 0 Å². The summed E-state index contributed by atoms with van der Waals surface area (Å²) in [5.74, 6) is 0. The minimum Gasteiger partial charge on any atom is -0.255 e. The number of nitrogens with zero attached hydrogens (tertiary/aromatic N) is 4. The van der Waals surface area contributed by atoms with Crippen molar-refractivity contribution < 1.29 is 0 Å². The fourth-order valence-corrected chi connectivity index (χ4v) is 6.73. The van der Waals surface area contributed by atoms with Gasteiger partial charge in [0, 0.05) is 12.4 Å². The van der Waals surface area contributed by atoms with Crippen molar-refractivity contribution in [1.29, 1.82) is 5.26 Å². The van der Waals surface area contributed by atoms with Gasteiger partial charge in [-0.2, -0.15) is 5.26 Å². The van der Waals surface area contributed by atoms with Gasteiger partial charge < -0.3 is 0 Å². The Hall–Kier alpha value is -5.92. The largest absolute Gasteiger partial charge is 0.255 e. The van der Waals surface area contributed by atoms with Gasteiger partial charge in [-0.05, 0) is 136 Å². The normalized spacial score (nSPS) is 12.4. The third-order valence-corrected chi connectivity index (χ3v) is 8.98. The average molecular weight is 591 g/mol. The summed E-state index contributed by atoms with van der Waals surface area (Å²) in [4.78, 5) is 14.0. The standard InChI is InChI=1S/C42H30N4/c43-27-28-21-32(23-34(22-28)38-24-31-9-1-2-10-35(31)36-11-3-4-12-37(36)38)29-15-17-30(18-16-29)33-25-41(39-13-5-7-19-44-39)46-42(26-33)40-14-6-8-20-45-40/h3-8,11-26H,1-2,9-10H2. The monoisotopic (exact) mass is 590 g/mol. The Morgan fingerprint density at radius 2 is 1.09 bits per heavy atom. The molecular formula is C42H30N4. The van der Waals surface area contributed by atoms with Gasteiger partial charge in [0.1, 0.15) is 0 Å². The van der Waals surface area contributed by atoms with Gasteiger partial charge in [-0.1, -0.05) is 66.7 Å². The molecule has 218 valence electrons. The SMILES string of the molecule is N#Cc1cc(-c2ccc(-c3cc(-c4ccccn4)nc(-c4ccccn4)c3)cc2)cc(-c2cc3c(c4ccccc24)CCCC3)c1. The number of fused-ring (bicyclic) bond motifs is 3. The summed E-state index contributed by atoms with van der Waals surface area (Å²) in [5, 5.41) is 12.6. The molecule has 1 aliphatic rings. The highest BCUT2D eigenvalue weighted by atomic mass is 14.8. The summed E-state index contributed by atoms with van der Waals surface area (Å²) in [5.41, 5.74) is 13.3. The Balaban J connectivity index is 1.21. The molecule has 0 aliphatic heterocycles. The number of aromatic nitrogens is 3. The molecule has 0 N–H and O–H groups in total. The lowest BCUT2D eigenvalue weighted by molar-refractivity contribution is 0.690. The zero-order chi connectivity index (χ0) is 30.9. The minimum atomic E-state index is 0.660. The fourth-order valence-electron chi connectivity index (χ4n) is 6.73. The Morgan fingerprint density at radius 1 is 0.500 bits per heavy atom. The fraction of sp³-hybridized carbons (Fsp3) is 0.0952. The molecule has 8 rings (SSSR count). The summed E-state index contributed by atoms with van der Waals surface area (Å²) < 4.78 is 0. The van der Waals surface area contributed by atoms with E-state index in [0.717, 1.165) is 63.4 Å². The van der Waals surface area contributed by atoms with Crippen LogP contribution in [-0.4, -0.2) is 15.0 Å². The van der Waals surface area contributed by atoms with Crippen LogP contribution in [0.25, 0.3) is 66.9 Å². The van der Waals surface area contributed by atoms with Crippen molar-refractivity contribution in [3.05, 3.63) is 150 Å². The molecule has 0 radical (unpaired) electrons. The number of hydrogen-bond acceptors (Lipinski definition) is 4. The number of hydrogen-bond donors (Lipinski definition) is 0. The predicted molar refractivity (Wildman–Crippen MR) is 186 cm³/mol. The van der Waals surface area contributed by atoms with Gasteiger partial charge in [-0.25, -0.2) is 4.98 Å². The van der Waals surface area contributed by atoms with Crippen molar-refractivity contribution in [3.63, 3.8) is 0 Å². The molecule has 0 unspecified atom stereocenters. The Kier molecular flexibility index (Phi) is 7.13. The van der Waals surface area contributed by atoms with E-state index in [9.17, 15) is 5.26 Å². The highest BCUT2D eigenvalue weighted by molar-refractivity contribution is 6.00. The van der Waals surface area contributed by atoms with Gasteiger partial charge >= 0.3 is 0 Å². The van der Waals surface area contributed by atoms with Crippen molar-refractivity contribution >= 4 is 10.8 Å². The second-order valence-electron chi connectivity index (χ2n) is 11.9. The first-order chi connectivity index (χ1) is 22.7. The van der Waals surface area contributed by atoms with E-state index < -0.39 is 0 Å². The maximum atomic E-state index is 10.1. The van der Waals surface area contributed by atoms with Crippen LogP contribution in [0.2, 0.25) is 0 Å². The molecule has 0 amide bonds. The van der Waals surface area contributed by atoms with Gasteiger partial charge in [0.2, 0.25) is 0 Å². The van der Waals surface area contributed by atoms with Crippen molar-refractivity contribution in [3.8, 4) is 62.2 Å². The van der Waals surface area contributed by atoms with E-state index >= 15 is 0 Å². The van der Waals surface area contributed by atoms with Gasteiger partial charge in [0.05, 0.1) is 34.4 Å². The van der Waals surface area contributed by atoms with E-state index in [0.29, 0.717) is 5.56 Å². The molecule has 0 saturated carbocycles. The summed E-state index contributed by atoms with van der Waals surface area (Å²) in [6.07, 6.45) is 8.29. The van der Waals surface area contributed by atoms with E-state index in [2.05, 4.69) is 88.8 Å². The number of pyridine rings is 3. The lowest BCUT2D eigenvalue weighted by atomic mass is 9.83. The second-order valence-corrected chi connectivity index (χ2v) is 11.9. The lowest BCUT2D eigenvalue weighted by Gasteiger charge is -2.21. The lowest BCUT2D eigenvalue weighted by Crippen LogP contribution is -2.04. The van der Waals surface area contributed by atoms with Crippen molar-refractivity contribution in [2.24, 2.45) is 0 Å². The number of aryl methyl sites for hydroxylation is 2. The molecule has 7 aromatic rings. The molecule has 0 atom stereocenters. The molecule has 0 saturated heterocycles. The summed E-state index contributed by atoms with van der Waals surface area (Å²) in [7, 11) is 0. The van der Waals surface area contributed by atoms with E-state index in [1.54, 1.807) is 12.4 Å². The van der Waals surface area contributed by atoms with Crippen LogP contribution in [0.1, 0.15) is 29.5 Å². The first kappa shape index (κ1) is 27.6. The maximum Gasteiger partial charge on any atom is 0.0992 e. The first-order valence-electron chi connectivity index (χ1n) is 15.8. The van der Waals surface area contributed by atoms with Crippen LogP contribution in [-0.2, 0) is 12.8 Å². The smallest absolute Gasteiger partial charge is 0.0992 e. The van der Waals surface area contributed by atoms with E-state index in [1.165, 1.54) is 40.3 Å². The van der Waals surface area contributed by atoms with E-state index in [4.69, 9.17) is 4.98 Å². The van der Waals surface area contributed by atoms with Crippen LogP contribution < -0.4 is 0 Å². The van der Waals surface area contributed by atoms with E-state index in [1.807, 2.05) is 48.5 Å². The molecule has 0 spiro atoms. The number of rotatable bonds is 5. The van der Waals surface area contributed by atoms with Crippen LogP contribution in [0.4, 0.5) is 0 Å². The molecule has 4 nitrogen and oxygen atoms in total. The quantitative estimate of drug-likeness (QED) is 0.200. The Labute approximate surface area is 268 Å². The topological polar surface area (TPSA) is 62.5 Å². The third-order valence-electron chi connectivity index (χ3n) is 8.98. The van der Waals surface area contributed by atoms with Crippen LogP contribution in [0.15, 0.2) is 134 Å². The highest BCUT2D eigenvalue weighted by Crippen LogP contribution is 2.39. The second kappa shape index (κ2) is 11.9. The van der Waals surface area contributed by atoms with Gasteiger partial charge in [0.15, 0.2) is 0 Å². The first-order valence-corrected chi connectivity index (χ1v) is 15.8. The zero-order valence-corrected chi connectivity index (χ0v) is 25.3. The third kappa shape index (κ3) is 5.23. The predicted octanol–water partition coefficient (Wildman–Crippen LogP) is 10.1. The van der Waals surface area contributed by atoms with Crippen molar-refractivity contribution in [2.45, 2.75) is 25.7 Å². The minimum absolute atomic E-state index is 0.660. The summed E-state index contributed by atoms with van der Waals surface area (Å²) in [6.45, 7) is 0. The molecule has 4 heteroatoms. The zero-order valence-electron chi connectivity index (χ0n) is 25.3. The molecule has 3 heterocycles. The van der Waals surface area contributed by atoms with Crippen LogP contribution in [0.3, 0.4) is 0 Å². The molecule has 1 aliphatic carbocycles. The van der Waals surface area contributed by atoms with Crippen molar-refractivity contribution in [2.75, 3.05) is 0 Å². The molecule has 3 aromatic heterocycles. The van der Waals surface area contributed by atoms with Gasteiger partial charge in [-0.15, -0.1) is 0 Å². The number of nitriles is 1. The summed E-state index contributed by atoms with van der Waals surface area (Å²) in [6, 6.07) is 44.2. The molecule has 0 fully saturated rings. The molecule has 0 bridgehead atoms. The summed E-state index contributed by atoms with van der Waals surface area (Å²) >= 11 is 0. The highest BCUT2D eigenvalue weighted by Gasteiger charge is 2.17. The maximum absolute atomic E-state index is 10.1. The molecule has 4 aromatic carbocycles. The number of benzene rings is 4. The van der Waals surface area contributed by atoms with Crippen molar-refractivity contribution in [1.82, 2.24) is 15.0 Å². The van der Waals surface area contributed by atoms with Gasteiger partial charge in [0.25, 0.3) is 0 Å². The van der Waals surface area contributed by atoms with Crippen LogP contribution in [0, 0.1) is 11.3 Å². The molecular weight excluding hydrogens is 560 g/mol.